The lowest BCUT2D eigenvalue weighted by atomic mass is 9.93. The number of amides is 1. The monoisotopic (exact) mass is 394 g/mol. The maximum absolute atomic E-state index is 11.5. The summed E-state index contributed by atoms with van der Waals surface area (Å²) >= 11 is 0. The fourth-order valence-electron chi connectivity index (χ4n) is 1.78. The van der Waals surface area contributed by atoms with Crippen LogP contribution in [0.4, 0.5) is 4.79 Å². The van der Waals surface area contributed by atoms with Crippen LogP contribution >= 0.6 is 7.82 Å². The molecule has 1 atom stereocenters. The summed E-state index contributed by atoms with van der Waals surface area (Å²) in [6, 6.07) is 3.77. The molecule has 0 heterocycles. The van der Waals surface area contributed by atoms with Crippen molar-refractivity contribution in [3.63, 3.8) is 0 Å². The van der Waals surface area contributed by atoms with Gasteiger partial charge in [-0.05, 0) is 24.6 Å². The Labute approximate surface area is 147 Å². The highest BCUT2D eigenvalue weighted by atomic mass is 31.2. The lowest BCUT2D eigenvalue weighted by Crippen LogP contribution is -2.58. The van der Waals surface area contributed by atoms with Gasteiger partial charge in [-0.3, -0.25) is 14.7 Å². The third-order valence-corrected chi connectivity index (χ3v) is 3.60. The maximum atomic E-state index is 11.5. The molecule has 0 saturated carbocycles. The van der Waals surface area contributed by atoms with Gasteiger partial charge in [0.05, 0.1) is 6.61 Å². The average molecular weight is 394 g/mol. The second kappa shape index (κ2) is 8.83. The molecule has 0 saturated heterocycles. The highest BCUT2D eigenvalue weighted by molar-refractivity contribution is 7.46. The number of ether oxygens (including phenoxy) is 1. The number of hydrogen-bond donors (Lipinski definition) is 7. The quantitative estimate of drug-likeness (QED) is 0.127. The molecule has 0 fully saturated rings. The van der Waals surface area contributed by atoms with Gasteiger partial charge in [-0.25, -0.2) is 14.8 Å². The molecule has 0 aliphatic heterocycles. The number of hydrazine groups is 1. The Morgan fingerprint density at radius 3 is 2.38 bits per heavy atom. The lowest BCUT2D eigenvalue weighted by Gasteiger charge is -2.26. The SMILES string of the molecule is CC(Cc1ccc(O)c(O)c1)(NNC(=O)OCCOP(=O)(O)O)C(=O)O. The van der Waals surface area contributed by atoms with Crippen LogP contribution < -0.4 is 10.9 Å². The Balaban J connectivity index is 2.58. The van der Waals surface area contributed by atoms with Crippen molar-refractivity contribution in [2.75, 3.05) is 13.2 Å². The van der Waals surface area contributed by atoms with Crippen molar-refractivity contribution in [1.29, 1.82) is 0 Å². The van der Waals surface area contributed by atoms with Crippen LogP contribution in [0.3, 0.4) is 0 Å². The van der Waals surface area contributed by atoms with E-state index in [1.165, 1.54) is 25.1 Å². The van der Waals surface area contributed by atoms with E-state index in [0.717, 1.165) is 0 Å². The molecule has 7 N–H and O–H groups in total. The first-order valence-corrected chi connectivity index (χ1v) is 8.60. The summed E-state index contributed by atoms with van der Waals surface area (Å²) in [6.45, 7) is 0.228. The molecule has 0 bridgehead atoms. The van der Waals surface area contributed by atoms with Gasteiger partial charge in [0.25, 0.3) is 0 Å². The first-order valence-electron chi connectivity index (χ1n) is 7.07. The molecule has 0 radical (unpaired) electrons. The van der Waals surface area contributed by atoms with Gasteiger partial charge in [-0.2, -0.15) is 0 Å². The van der Waals surface area contributed by atoms with Crippen LogP contribution in [-0.2, 0) is 25.0 Å². The third kappa shape index (κ3) is 7.25. The minimum Gasteiger partial charge on any atom is -0.504 e. The Hall–Kier alpha value is -2.37. The van der Waals surface area contributed by atoms with Gasteiger partial charge >= 0.3 is 19.9 Å². The molecule has 0 aromatic heterocycles. The zero-order chi connectivity index (χ0) is 20.0. The largest absolute Gasteiger partial charge is 0.504 e. The highest BCUT2D eigenvalue weighted by Crippen LogP contribution is 2.35. The number of phenolic OH excluding ortho intramolecular Hbond substituents is 2. The van der Waals surface area contributed by atoms with Crippen molar-refractivity contribution in [2.45, 2.75) is 18.9 Å². The fraction of sp³-hybridized carbons (Fsp3) is 0.385. The molecule has 12 nitrogen and oxygen atoms in total. The molecule has 1 aromatic carbocycles. The maximum Gasteiger partial charge on any atom is 0.469 e. The van der Waals surface area contributed by atoms with Crippen LogP contribution in [0.15, 0.2) is 18.2 Å². The van der Waals surface area contributed by atoms with E-state index in [-0.39, 0.29) is 12.2 Å². The predicted molar refractivity (Wildman–Crippen MR) is 85.1 cm³/mol. The van der Waals surface area contributed by atoms with Crippen molar-refractivity contribution in [1.82, 2.24) is 10.9 Å². The summed E-state index contributed by atoms with van der Waals surface area (Å²) in [5.74, 6) is -2.11. The van der Waals surface area contributed by atoms with E-state index in [9.17, 15) is 29.5 Å². The van der Waals surface area contributed by atoms with Crippen LogP contribution in [0.1, 0.15) is 12.5 Å². The molecule has 1 aromatic rings. The number of carboxylic acids is 1. The standard InChI is InChI=1S/C13H19N2O10P/c1-13(11(18)19,7-8-2-3-9(16)10(17)6-8)15-14-12(20)24-4-5-25-26(21,22)23/h2-3,6,15-17H,4-5,7H2,1H3,(H,14,20)(H,18,19)(H2,21,22,23). The van der Waals surface area contributed by atoms with E-state index in [1.807, 2.05) is 5.43 Å². The van der Waals surface area contributed by atoms with Gasteiger partial charge in [0.15, 0.2) is 11.5 Å². The second-order valence-corrected chi connectivity index (χ2v) is 6.59. The second-order valence-electron chi connectivity index (χ2n) is 5.35. The van der Waals surface area contributed by atoms with E-state index in [4.69, 9.17) is 9.79 Å². The molecular formula is C13H19N2O10P. The number of phosphoric ester groups is 1. The van der Waals surface area contributed by atoms with Crippen LogP contribution in [0.25, 0.3) is 0 Å². The predicted octanol–water partition coefficient (Wildman–Crippen LogP) is -0.176. The van der Waals surface area contributed by atoms with Crippen LogP contribution in [0.2, 0.25) is 0 Å². The third-order valence-electron chi connectivity index (χ3n) is 3.09. The number of aromatic hydroxyl groups is 2. The number of hydrogen-bond acceptors (Lipinski definition) is 8. The Morgan fingerprint density at radius 2 is 1.85 bits per heavy atom. The molecule has 1 amide bonds. The number of carboxylic acid groups (broad SMARTS) is 1. The van der Waals surface area contributed by atoms with E-state index in [2.05, 4.69) is 14.7 Å². The summed E-state index contributed by atoms with van der Waals surface area (Å²) < 4.78 is 19.0. The number of phosphoric acid groups is 1. The van der Waals surface area contributed by atoms with Crippen LogP contribution in [-0.4, -0.2) is 55.9 Å². The first kappa shape index (κ1) is 21.7. The van der Waals surface area contributed by atoms with E-state index < -0.39 is 44.4 Å². The van der Waals surface area contributed by atoms with Crippen molar-refractivity contribution in [3.05, 3.63) is 23.8 Å². The Kier molecular flexibility index (Phi) is 7.36. The normalized spacial score (nSPS) is 13.7. The average Bonchev–Trinajstić information content (AvgIpc) is 2.52. The van der Waals surface area contributed by atoms with E-state index >= 15 is 0 Å². The Morgan fingerprint density at radius 1 is 1.19 bits per heavy atom. The fourth-order valence-corrected chi connectivity index (χ4v) is 2.09. The van der Waals surface area contributed by atoms with Gasteiger partial charge in [-0.15, -0.1) is 0 Å². The number of aliphatic carboxylic acids is 1. The lowest BCUT2D eigenvalue weighted by molar-refractivity contribution is -0.144. The number of carbonyl (C=O) groups is 2. The van der Waals surface area contributed by atoms with Gasteiger partial charge in [0, 0.05) is 6.42 Å². The van der Waals surface area contributed by atoms with Crippen LogP contribution in [0.5, 0.6) is 11.5 Å². The summed E-state index contributed by atoms with van der Waals surface area (Å²) in [6.07, 6.45) is -1.27. The van der Waals surface area contributed by atoms with Crippen LogP contribution in [0, 0.1) is 0 Å². The Bertz CT molecular complexity index is 706. The van der Waals surface area contributed by atoms with Crippen molar-refractivity contribution in [2.24, 2.45) is 0 Å². The molecule has 13 heteroatoms. The molecule has 1 unspecified atom stereocenters. The zero-order valence-electron chi connectivity index (χ0n) is 13.6. The molecular weight excluding hydrogens is 375 g/mol. The van der Waals surface area contributed by atoms with Gasteiger partial charge < -0.3 is 29.8 Å². The van der Waals surface area contributed by atoms with E-state index in [0.29, 0.717) is 5.56 Å². The number of carbonyl (C=O) groups excluding carboxylic acids is 1. The number of rotatable bonds is 9. The summed E-state index contributed by atoms with van der Waals surface area (Å²) in [7, 11) is -4.67. The van der Waals surface area contributed by atoms with Gasteiger partial charge in [0.2, 0.25) is 0 Å². The molecule has 1 rings (SSSR count). The number of nitrogens with one attached hydrogen (secondary N) is 2. The van der Waals surface area contributed by atoms with Crippen molar-refractivity contribution in [3.8, 4) is 11.5 Å². The smallest absolute Gasteiger partial charge is 0.469 e. The summed E-state index contributed by atoms with van der Waals surface area (Å²) in [4.78, 5) is 39.9. The highest BCUT2D eigenvalue weighted by Gasteiger charge is 2.34. The van der Waals surface area contributed by atoms with Gasteiger partial charge in [-0.1, -0.05) is 6.07 Å². The molecule has 0 aliphatic rings. The topological polar surface area (TPSA) is 195 Å². The van der Waals surface area contributed by atoms with Crippen molar-refractivity contribution < 1.29 is 48.5 Å². The van der Waals surface area contributed by atoms with E-state index in [1.54, 1.807) is 0 Å². The summed E-state index contributed by atoms with van der Waals surface area (Å²) in [5.41, 5.74) is 2.94. The zero-order valence-corrected chi connectivity index (χ0v) is 14.5. The molecule has 146 valence electrons. The molecule has 26 heavy (non-hydrogen) atoms. The number of phenols is 2. The minimum atomic E-state index is -4.67. The number of benzene rings is 1. The molecule has 0 aliphatic carbocycles. The van der Waals surface area contributed by atoms with Crippen molar-refractivity contribution >= 4 is 19.9 Å². The molecule has 0 spiro atoms. The van der Waals surface area contributed by atoms with Gasteiger partial charge in [0.1, 0.15) is 12.1 Å². The first-order chi connectivity index (χ1) is 11.9. The minimum absolute atomic E-state index is 0.169. The summed E-state index contributed by atoms with van der Waals surface area (Å²) in [5, 5.41) is 28.1.